The van der Waals surface area contributed by atoms with Crippen LogP contribution in [0.25, 0.3) is 0 Å². The van der Waals surface area contributed by atoms with Gasteiger partial charge in [-0.25, -0.2) is 4.79 Å². The van der Waals surface area contributed by atoms with Gasteiger partial charge in [-0.2, -0.15) is 0 Å². The number of rotatable bonds is 10. The summed E-state index contributed by atoms with van der Waals surface area (Å²) in [6.45, 7) is 6.75. The van der Waals surface area contributed by atoms with Crippen molar-refractivity contribution in [3.8, 4) is 0 Å². The van der Waals surface area contributed by atoms with Crippen molar-refractivity contribution in [1.29, 1.82) is 0 Å². The normalized spacial score (nSPS) is 11.7. The molecule has 1 aromatic heterocycles. The van der Waals surface area contributed by atoms with Crippen LogP contribution in [0.4, 0.5) is 0 Å². The highest BCUT2D eigenvalue weighted by Gasteiger charge is 2.26. The SMILES string of the molecule is CCCCn1c(CCC)c(CC)cc(C(=O)N[C@@H](C(=O)OC)c2ccccc2)c1=O. The quantitative estimate of drug-likeness (QED) is 0.602. The Balaban J connectivity index is 2.49. The van der Waals surface area contributed by atoms with Crippen molar-refractivity contribution in [2.45, 2.75) is 65.5 Å². The van der Waals surface area contributed by atoms with E-state index in [0.717, 1.165) is 43.4 Å². The predicted molar refractivity (Wildman–Crippen MR) is 118 cm³/mol. The standard InChI is InChI=1S/C24H32N2O4/c1-5-8-15-26-20(12-6-2)17(7-3)16-19(23(26)28)22(27)25-21(24(29)30-4)18-13-10-9-11-14-18/h9-11,13-14,16,21H,5-8,12,15H2,1-4H3,(H,25,27)/t21-/m1/s1. The van der Waals surface area contributed by atoms with Crippen LogP contribution in [0.5, 0.6) is 0 Å². The fraction of sp³-hybridized carbons (Fsp3) is 0.458. The number of aromatic nitrogens is 1. The number of methoxy groups -OCH3 is 1. The molecule has 0 fully saturated rings. The van der Waals surface area contributed by atoms with Crippen molar-refractivity contribution in [1.82, 2.24) is 9.88 Å². The second-order valence-electron chi connectivity index (χ2n) is 7.28. The van der Waals surface area contributed by atoms with E-state index in [2.05, 4.69) is 19.2 Å². The molecule has 0 aliphatic heterocycles. The number of aryl methyl sites for hydroxylation is 1. The molecule has 1 N–H and O–H groups in total. The average molecular weight is 413 g/mol. The molecular formula is C24H32N2O4. The van der Waals surface area contributed by atoms with Gasteiger partial charge in [0, 0.05) is 12.2 Å². The number of esters is 1. The molecule has 2 aromatic rings. The molecule has 30 heavy (non-hydrogen) atoms. The number of nitrogens with one attached hydrogen (secondary N) is 1. The van der Waals surface area contributed by atoms with E-state index < -0.39 is 17.9 Å². The molecule has 1 amide bonds. The molecule has 2 rings (SSSR count). The van der Waals surface area contributed by atoms with E-state index in [4.69, 9.17) is 4.74 Å². The lowest BCUT2D eigenvalue weighted by Crippen LogP contribution is -2.39. The molecule has 1 atom stereocenters. The van der Waals surface area contributed by atoms with Crippen molar-refractivity contribution < 1.29 is 14.3 Å². The lowest BCUT2D eigenvalue weighted by atomic mass is 10.0. The van der Waals surface area contributed by atoms with Crippen molar-refractivity contribution >= 4 is 11.9 Å². The van der Waals surface area contributed by atoms with Crippen LogP contribution in [-0.4, -0.2) is 23.6 Å². The average Bonchev–Trinajstić information content (AvgIpc) is 2.77. The maximum Gasteiger partial charge on any atom is 0.333 e. The Labute approximate surface area is 178 Å². The first kappa shape index (κ1) is 23.4. The van der Waals surface area contributed by atoms with E-state index in [-0.39, 0.29) is 11.1 Å². The van der Waals surface area contributed by atoms with Gasteiger partial charge < -0.3 is 14.6 Å². The van der Waals surface area contributed by atoms with E-state index in [9.17, 15) is 14.4 Å². The van der Waals surface area contributed by atoms with E-state index in [1.54, 1.807) is 34.9 Å². The highest BCUT2D eigenvalue weighted by molar-refractivity contribution is 5.97. The Morgan fingerprint density at radius 3 is 2.37 bits per heavy atom. The molecule has 0 aliphatic rings. The smallest absolute Gasteiger partial charge is 0.333 e. The summed E-state index contributed by atoms with van der Waals surface area (Å²) in [4.78, 5) is 38.6. The number of carbonyl (C=O) groups excluding carboxylic acids is 2. The van der Waals surface area contributed by atoms with Crippen molar-refractivity contribution in [3.05, 3.63) is 69.1 Å². The maximum atomic E-state index is 13.2. The minimum atomic E-state index is -0.979. The number of pyridine rings is 1. The number of ether oxygens (including phenoxy) is 1. The molecule has 0 radical (unpaired) electrons. The fourth-order valence-electron chi connectivity index (χ4n) is 3.56. The number of nitrogens with zero attached hydrogens (tertiary/aromatic N) is 1. The molecule has 0 aliphatic carbocycles. The first-order valence-electron chi connectivity index (χ1n) is 10.7. The lowest BCUT2D eigenvalue weighted by molar-refractivity contribution is -0.143. The number of unbranched alkanes of at least 4 members (excludes halogenated alkanes) is 1. The lowest BCUT2D eigenvalue weighted by Gasteiger charge is -2.20. The summed E-state index contributed by atoms with van der Waals surface area (Å²) in [6, 6.07) is 9.57. The van der Waals surface area contributed by atoms with E-state index in [1.807, 2.05) is 13.0 Å². The number of hydrogen-bond donors (Lipinski definition) is 1. The Hall–Kier alpha value is -2.89. The third-order valence-electron chi connectivity index (χ3n) is 5.18. The number of carbonyl (C=O) groups is 2. The summed E-state index contributed by atoms with van der Waals surface area (Å²) in [6.07, 6.45) is 4.25. The zero-order valence-electron chi connectivity index (χ0n) is 18.4. The number of amides is 1. The summed E-state index contributed by atoms with van der Waals surface area (Å²) in [5.41, 5.74) is 2.35. The van der Waals surface area contributed by atoms with Gasteiger partial charge in [-0.15, -0.1) is 0 Å². The van der Waals surface area contributed by atoms with Crippen molar-refractivity contribution in [3.63, 3.8) is 0 Å². The predicted octanol–water partition coefficient (Wildman–Crippen LogP) is 3.81. The van der Waals surface area contributed by atoms with Gasteiger partial charge in [-0.1, -0.05) is 63.9 Å². The maximum absolute atomic E-state index is 13.2. The monoisotopic (exact) mass is 412 g/mol. The van der Waals surface area contributed by atoms with Crippen molar-refractivity contribution in [2.24, 2.45) is 0 Å². The molecule has 0 saturated carbocycles. The third-order valence-corrected chi connectivity index (χ3v) is 5.18. The van der Waals surface area contributed by atoms with Gasteiger partial charge in [0.15, 0.2) is 6.04 Å². The Bertz CT molecular complexity index is 919. The summed E-state index contributed by atoms with van der Waals surface area (Å²) in [5, 5.41) is 2.70. The van der Waals surface area contributed by atoms with Gasteiger partial charge >= 0.3 is 5.97 Å². The summed E-state index contributed by atoms with van der Waals surface area (Å²) in [7, 11) is 1.27. The van der Waals surface area contributed by atoms with Crippen LogP contribution in [0, 0.1) is 0 Å². The van der Waals surface area contributed by atoms with Crippen LogP contribution in [-0.2, 0) is 28.9 Å². The van der Waals surface area contributed by atoms with Gasteiger partial charge in [0.2, 0.25) is 0 Å². The largest absolute Gasteiger partial charge is 0.467 e. The van der Waals surface area contributed by atoms with E-state index >= 15 is 0 Å². The highest BCUT2D eigenvalue weighted by atomic mass is 16.5. The Kier molecular flexibility index (Phi) is 8.84. The second-order valence-corrected chi connectivity index (χ2v) is 7.28. The summed E-state index contributed by atoms with van der Waals surface area (Å²) >= 11 is 0. The van der Waals surface area contributed by atoms with Crippen LogP contribution in [0.1, 0.15) is 73.3 Å². The first-order chi connectivity index (χ1) is 14.5. The van der Waals surface area contributed by atoms with Crippen LogP contribution < -0.4 is 10.9 Å². The van der Waals surface area contributed by atoms with Crippen molar-refractivity contribution in [2.75, 3.05) is 7.11 Å². The van der Waals surface area contributed by atoms with Gasteiger partial charge in [-0.05, 0) is 36.5 Å². The molecule has 6 heteroatoms. The van der Waals surface area contributed by atoms with Crippen LogP contribution in [0.2, 0.25) is 0 Å². The number of hydrogen-bond acceptors (Lipinski definition) is 4. The highest BCUT2D eigenvalue weighted by Crippen LogP contribution is 2.17. The summed E-state index contributed by atoms with van der Waals surface area (Å²) < 4.78 is 6.62. The molecule has 1 aromatic carbocycles. The van der Waals surface area contributed by atoms with Gasteiger partial charge in [0.25, 0.3) is 11.5 Å². The number of benzene rings is 1. The molecule has 0 unspecified atom stereocenters. The van der Waals surface area contributed by atoms with E-state index in [0.29, 0.717) is 12.1 Å². The van der Waals surface area contributed by atoms with Gasteiger partial charge in [-0.3, -0.25) is 9.59 Å². The molecule has 162 valence electrons. The van der Waals surface area contributed by atoms with Gasteiger partial charge in [0.1, 0.15) is 5.56 Å². The Morgan fingerprint density at radius 1 is 1.10 bits per heavy atom. The molecular weight excluding hydrogens is 380 g/mol. The molecule has 6 nitrogen and oxygen atoms in total. The fourth-order valence-corrected chi connectivity index (χ4v) is 3.56. The third kappa shape index (κ3) is 5.38. The van der Waals surface area contributed by atoms with Crippen LogP contribution in [0.15, 0.2) is 41.2 Å². The van der Waals surface area contributed by atoms with Crippen LogP contribution in [0.3, 0.4) is 0 Å². The molecule has 1 heterocycles. The topological polar surface area (TPSA) is 77.4 Å². The zero-order valence-corrected chi connectivity index (χ0v) is 18.4. The minimum Gasteiger partial charge on any atom is -0.467 e. The minimum absolute atomic E-state index is 0.0626. The zero-order chi connectivity index (χ0) is 22.1. The second kappa shape index (κ2) is 11.3. The summed E-state index contributed by atoms with van der Waals surface area (Å²) in [5.74, 6) is -1.15. The van der Waals surface area contributed by atoms with Crippen LogP contribution >= 0.6 is 0 Å². The van der Waals surface area contributed by atoms with E-state index in [1.165, 1.54) is 7.11 Å². The Morgan fingerprint density at radius 2 is 1.80 bits per heavy atom. The molecule has 0 saturated heterocycles. The molecule has 0 bridgehead atoms. The first-order valence-corrected chi connectivity index (χ1v) is 10.7. The molecule has 0 spiro atoms. The van der Waals surface area contributed by atoms with Gasteiger partial charge in [0.05, 0.1) is 7.11 Å².